The third-order valence-electron chi connectivity index (χ3n) is 10.2. The van der Waals surface area contributed by atoms with E-state index in [1.54, 1.807) is 48.8 Å². The number of aliphatic carboxylic acids is 1. The zero-order valence-corrected chi connectivity index (χ0v) is 36.1. The quantitative estimate of drug-likeness (QED) is 0.0604. The molecule has 0 saturated carbocycles. The Balaban J connectivity index is 1.19. The molecule has 0 amide bonds. The van der Waals surface area contributed by atoms with Gasteiger partial charge in [-0.1, -0.05) is 59.6 Å². The van der Waals surface area contributed by atoms with E-state index in [1.807, 2.05) is 50.2 Å². The summed E-state index contributed by atoms with van der Waals surface area (Å²) in [4.78, 5) is 19.9. The zero-order valence-electron chi connectivity index (χ0n) is 34.6. The van der Waals surface area contributed by atoms with Gasteiger partial charge in [0.05, 0.1) is 33.9 Å². The van der Waals surface area contributed by atoms with E-state index < -0.39 is 18.1 Å². The van der Waals surface area contributed by atoms with E-state index in [9.17, 15) is 30.6 Å². The second kappa shape index (κ2) is 21.4. The van der Waals surface area contributed by atoms with Crippen molar-refractivity contribution in [3.05, 3.63) is 163 Å². The van der Waals surface area contributed by atoms with Crippen LogP contribution in [-0.2, 0) is 44.4 Å². The Hall–Kier alpha value is -6.71. The molecule has 322 valence electrons. The molecule has 4 N–H and O–H groups in total. The minimum Gasteiger partial charge on any atom is -0.488 e. The zero-order chi connectivity index (χ0) is 45.0. The topological polar surface area (TPSA) is 200 Å². The number of carbonyl (C=O) groups is 1. The molecule has 0 radical (unpaired) electrons. The fourth-order valence-electron chi connectivity index (χ4n) is 6.74. The maximum atomic E-state index is 11.8. The van der Waals surface area contributed by atoms with Crippen molar-refractivity contribution in [2.24, 2.45) is 0 Å². The lowest BCUT2D eigenvalue weighted by Crippen LogP contribution is -2.44. The Morgan fingerprint density at radius 1 is 0.683 bits per heavy atom. The SMILES string of the molecule is Cc1c(COc2cc(OCc3cncc(C#N)c3)c(CO)cc2Cl)cccc1-c1cccc(COc2cc(OCc3cncc(C#N)c3)c(CN[C@@H](C(=O)O)C(C)O)cc2Cl)c1C. The van der Waals surface area contributed by atoms with Crippen LogP contribution < -0.4 is 24.3 Å². The Morgan fingerprint density at radius 2 is 1.14 bits per heavy atom. The first kappa shape index (κ1) is 45.8. The van der Waals surface area contributed by atoms with Crippen LogP contribution in [0, 0.1) is 36.5 Å². The molecule has 15 heteroatoms. The van der Waals surface area contributed by atoms with E-state index in [2.05, 4.69) is 27.4 Å². The standard InChI is InChI=1S/C48H43Cl2N5O8/c1-28-35(26-62-45-14-43(60-24-33-10-31(16-51)18-53-20-33)37(12-41(45)49)22-55-47(30(3)57)48(58)59)6-4-8-39(28)40-9-5-7-36(29(40)2)27-63-46-15-44(38(23-56)13-42(46)50)61-25-34-11-32(17-52)19-54-21-34/h4-15,18-21,30,47,55-57H,22-27H2,1-3H3,(H,58,59)/t30?,47-/m1/s1. The Bertz CT molecular complexity index is 2700. The average molecular weight is 889 g/mol. The number of aliphatic hydroxyl groups excluding tert-OH is 2. The number of pyridine rings is 2. The molecular weight excluding hydrogens is 845 g/mol. The largest absolute Gasteiger partial charge is 0.488 e. The number of aromatic nitrogens is 2. The third kappa shape index (κ3) is 11.6. The summed E-state index contributed by atoms with van der Waals surface area (Å²) in [6.07, 6.45) is 4.94. The highest BCUT2D eigenvalue weighted by molar-refractivity contribution is 6.32. The number of nitriles is 2. The molecule has 2 heterocycles. The third-order valence-corrected chi connectivity index (χ3v) is 10.8. The maximum Gasteiger partial charge on any atom is 0.323 e. The van der Waals surface area contributed by atoms with Crippen LogP contribution in [0.2, 0.25) is 10.0 Å². The molecule has 0 aliphatic carbocycles. The van der Waals surface area contributed by atoms with Crippen LogP contribution >= 0.6 is 23.2 Å². The van der Waals surface area contributed by atoms with E-state index in [0.29, 0.717) is 61.4 Å². The normalized spacial score (nSPS) is 11.8. The number of benzene rings is 4. The summed E-state index contributed by atoms with van der Waals surface area (Å²) in [6, 6.07) is 24.7. The second-order valence-corrected chi connectivity index (χ2v) is 15.4. The monoisotopic (exact) mass is 887 g/mol. The maximum absolute atomic E-state index is 11.8. The average Bonchev–Trinajstić information content (AvgIpc) is 3.28. The van der Waals surface area contributed by atoms with Gasteiger partial charge in [0.15, 0.2) is 0 Å². The van der Waals surface area contributed by atoms with Crippen molar-refractivity contribution in [1.82, 2.24) is 15.3 Å². The number of hydrogen-bond acceptors (Lipinski definition) is 12. The second-order valence-electron chi connectivity index (χ2n) is 14.6. The van der Waals surface area contributed by atoms with Crippen LogP contribution in [0.3, 0.4) is 0 Å². The first-order valence-electron chi connectivity index (χ1n) is 19.7. The number of hydrogen-bond donors (Lipinski definition) is 4. The number of carboxylic acid groups (broad SMARTS) is 1. The molecule has 1 unspecified atom stereocenters. The molecule has 6 rings (SSSR count). The Kier molecular flexibility index (Phi) is 15.6. The molecule has 6 aromatic rings. The highest BCUT2D eigenvalue weighted by Gasteiger charge is 2.24. The molecule has 0 aliphatic rings. The summed E-state index contributed by atoms with van der Waals surface area (Å²) < 4.78 is 24.7. The number of aliphatic hydroxyl groups is 2. The van der Waals surface area contributed by atoms with Gasteiger partial charge in [-0.3, -0.25) is 20.1 Å². The summed E-state index contributed by atoms with van der Waals surface area (Å²) in [7, 11) is 0. The van der Waals surface area contributed by atoms with Gasteiger partial charge in [0, 0.05) is 65.7 Å². The smallest absolute Gasteiger partial charge is 0.323 e. The van der Waals surface area contributed by atoms with E-state index in [1.165, 1.54) is 19.3 Å². The van der Waals surface area contributed by atoms with Crippen LogP contribution in [0.4, 0.5) is 0 Å². The minimum atomic E-state index is -1.24. The van der Waals surface area contributed by atoms with Crippen molar-refractivity contribution in [2.45, 2.75) is 72.5 Å². The molecule has 0 saturated heterocycles. The lowest BCUT2D eigenvalue weighted by atomic mass is 9.92. The lowest BCUT2D eigenvalue weighted by molar-refractivity contribution is -0.142. The van der Waals surface area contributed by atoms with Gasteiger partial charge in [-0.2, -0.15) is 10.5 Å². The number of nitrogens with one attached hydrogen (secondary N) is 1. The predicted molar refractivity (Wildman–Crippen MR) is 235 cm³/mol. The van der Waals surface area contributed by atoms with Gasteiger partial charge in [0.25, 0.3) is 0 Å². The number of ether oxygens (including phenoxy) is 4. The molecule has 0 fully saturated rings. The molecule has 0 aliphatic heterocycles. The van der Waals surface area contributed by atoms with Gasteiger partial charge in [-0.15, -0.1) is 0 Å². The Morgan fingerprint density at radius 3 is 1.59 bits per heavy atom. The lowest BCUT2D eigenvalue weighted by Gasteiger charge is -2.20. The summed E-state index contributed by atoms with van der Waals surface area (Å²) >= 11 is 13.4. The molecule has 2 aromatic heterocycles. The van der Waals surface area contributed by atoms with Gasteiger partial charge in [0.2, 0.25) is 0 Å². The number of nitrogens with zero attached hydrogens (tertiary/aromatic N) is 4. The predicted octanol–water partition coefficient (Wildman–Crippen LogP) is 8.54. The van der Waals surface area contributed by atoms with Gasteiger partial charge < -0.3 is 34.3 Å². The van der Waals surface area contributed by atoms with E-state index in [-0.39, 0.29) is 44.6 Å². The van der Waals surface area contributed by atoms with E-state index in [0.717, 1.165) is 33.4 Å². The van der Waals surface area contributed by atoms with Gasteiger partial charge in [-0.05, 0) is 78.4 Å². The molecule has 13 nitrogen and oxygen atoms in total. The number of carboxylic acids is 1. The molecule has 0 bridgehead atoms. The van der Waals surface area contributed by atoms with Crippen LogP contribution in [0.1, 0.15) is 62.6 Å². The van der Waals surface area contributed by atoms with Crippen molar-refractivity contribution in [3.8, 4) is 46.3 Å². The first-order chi connectivity index (χ1) is 30.4. The summed E-state index contributed by atoms with van der Waals surface area (Å²) in [5.41, 5.74) is 8.90. The van der Waals surface area contributed by atoms with Crippen LogP contribution in [0.5, 0.6) is 23.0 Å². The molecule has 0 spiro atoms. The van der Waals surface area contributed by atoms with Crippen LogP contribution in [0.15, 0.2) is 97.6 Å². The molecule has 4 aromatic carbocycles. The van der Waals surface area contributed by atoms with Crippen LogP contribution in [0.25, 0.3) is 11.1 Å². The first-order valence-corrected chi connectivity index (χ1v) is 20.4. The van der Waals surface area contributed by atoms with Crippen molar-refractivity contribution in [3.63, 3.8) is 0 Å². The molecule has 2 atom stereocenters. The van der Waals surface area contributed by atoms with Crippen LogP contribution in [-0.4, -0.2) is 43.4 Å². The highest BCUT2D eigenvalue weighted by Crippen LogP contribution is 2.37. The highest BCUT2D eigenvalue weighted by atomic mass is 35.5. The van der Waals surface area contributed by atoms with Crippen molar-refractivity contribution in [1.29, 1.82) is 10.5 Å². The van der Waals surface area contributed by atoms with E-state index >= 15 is 0 Å². The van der Waals surface area contributed by atoms with Gasteiger partial charge >= 0.3 is 5.97 Å². The summed E-state index contributed by atoms with van der Waals surface area (Å²) in [6.45, 7) is 5.65. The van der Waals surface area contributed by atoms with Gasteiger partial charge in [0.1, 0.15) is 67.6 Å². The van der Waals surface area contributed by atoms with Gasteiger partial charge in [-0.25, -0.2) is 0 Å². The van der Waals surface area contributed by atoms with Crippen molar-refractivity contribution >= 4 is 29.2 Å². The Labute approximate surface area is 374 Å². The fourth-order valence-corrected chi connectivity index (χ4v) is 7.22. The van der Waals surface area contributed by atoms with E-state index in [4.69, 9.17) is 42.1 Å². The molecular formula is C48H43Cl2N5O8. The fraction of sp³-hybridized carbons (Fsp3) is 0.229. The minimum absolute atomic E-state index is 0.00918. The number of rotatable bonds is 19. The molecule has 63 heavy (non-hydrogen) atoms. The number of halogens is 2. The van der Waals surface area contributed by atoms with Crippen molar-refractivity contribution in [2.75, 3.05) is 0 Å². The van der Waals surface area contributed by atoms with Crippen molar-refractivity contribution < 1.29 is 39.1 Å². The summed E-state index contributed by atoms with van der Waals surface area (Å²) in [5.74, 6) is 0.233. The summed E-state index contributed by atoms with van der Waals surface area (Å²) in [5, 5.41) is 51.6.